The van der Waals surface area contributed by atoms with Crippen LogP contribution in [0.15, 0.2) is 0 Å². The Morgan fingerprint density at radius 1 is 0.950 bits per heavy atom. The normalized spacial score (nSPS) is 11.0. The molecule has 0 aromatic carbocycles. The van der Waals surface area contributed by atoms with Gasteiger partial charge in [0.15, 0.2) is 5.82 Å². The van der Waals surface area contributed by atoms with E-state index < -0.39 is 0 Å². The van der Waals surface area contributed by atoms with Crippen LogP contribution < -0.4 is 5.32 Å². The minimum atomic E-state index is 0.519. The molecule has 0 atom stereocenters. The number of nitrogens with one attached hydrogen (secondary N) is 1. The van der Waals surface area contributed by atoms with E-state index in [1.54, 1.807) is 0 Å². The van der Waals surface area contributed by atoms with Crippen molar-refractivity contribution in [1.82, 2.24) is 15.3 Å². The van der Waals surface area contributed by atoms with Crippen molar-refractivity contribution in [2.75, 3.05) is 19.7 Å². The van der Waals surface area contributed by atoms with E-state index in [0.717, 1.165) is 38.2 Å². The molecule has 4 nitrogen and oxygen atoms in total. The van der Waals surface area contributed by atoms with E-state index in [1.807, 2.05) is 6.92 Å². The quantitative estimate of drug-likeness (QED) is 0.669. The molecule has 0 bridgehead atoms. The van der Waals surface area contributed by atoms with Gasteiger partial charge in [-0.25, -0.2) is 9.97 Å². The lowest BCUT2D eigenvalue weighted by Crippen LogP contribution is -2.20. The fourth-order valence-corrected chi connectivity index (χ4v) is 2.28. The van der Waals surface area contributed by atoms with Crippen molar-refractivity contribution in [2.24, 2.45) is 0 Å². The van der Waals surface area contributed by atoms with Crippen LogP contribution in [0.3, 0.4) is 0 Å². The van der Waals surface area contributed by atoms with Crippen LogP contribution in [-0.2, 0) is 30.6 Å². The van der Waals surface area contributed by atoms with Crippen LogP contribution in [0.25, 0.3) is 0 Å². The second-order valence-corrected chi connectivity index (χ2v) is 4.86. The zero-order valence-corrected chi connectivity index (χ0v) is 13.5. The Hall–Kier alpha value is -1.00. The maximum Gasteiger partial charge on any atom is 0.154 e. The van der Waals surface area contributed by atoms with Crippen LogP contribution in [-0.4, -0.2) is 29.7 Å². The summed E-state index contributed by atoms with van der Waals surface area (Å²) in [6.45, 7) is 11.8. The van der Waals surface area contributed by atoms with Gasteiger partial charge in [-0.15, -0.1) is 0 Å². The Balaban J connectivity index is 2.84. The molecule has 114 valence electrons. The van der Waals surface area contributed by atoms with Crippen molar-refractivity contribution >= 4 is 0 Å². The molecule has 0 fully saturated rings. The molecule has 0 radical (unpaired) electrons. The topological polar surface area (TPSA) is 47.0 Å². The molecular weight excluding hydrogens is 250 g/mol. The molecule has 1 rings (SSSR count). The van der Waals surface area contributed by atoms with E-state index in [0.29, 0.717) is 13.2 Å². The predicted molar refractivity (Wildman–Crippen MR) is 83.0 cm³/mol. The van der Waals surface area contributed by atoms with Crippen LogP contribution in [0.2, 0.25) is 0 Å². The molecule has 20 heavy (non-hydrogen) atoms. The summed E-state index contributed by atoms with van der Waals surface area (Å²) in [5.74, 6) is 0.825. The number of hydrogen-bond acceptors (Lipinski definition) is 4. The van der Waals surface area contributed by atoms with Crippen molar-refractivity contribution in [3.05, 3.63) is 22.8 Å². The first kappa shape index (κ1) is 17.1. The molecule has 0 saturated carbocycles. The zero-order chi connectivity index (χ0) is 14.8. The third-order valence-corrected chi connectivity index (χ3v) is 3.31. The van der Waals surface area contributed by atoms with Gasteiger partial charge in [-0.05, 0) is 51.3 Å². The van der Waals surface area contributed by atoms with Crippen LogP contribution in [0.5, 0.6) is 0 Å². The minimum Gasteiger partial charge on any atom is -0.374 e. The number of ether oxygens (including phenoxy) is 1. The van der Waals surface area contributed by atoms with Gasteiger partial charge in [0.2, 0.25) is 0 Å². The summed E-state index contributed by atoms with van der Waals surface area (Å²) < 4.78 is 5.43. The summed E-state index contributed by atoms with van der Waals surface area (Å²) in [5.41, 5.74) is 3.70. The first-order chi connectivity index (χ1) is 9.76. The predicted octanol–water partition coefficient (Wildman–Crippen LogP) is 2.68. The first-order valence-electron chi connectivity index (χ1n) is 7.92. The van der Waals surface area contributed by atoms with Crippen LogP contribution in [0.4, 0.5) is 0 Å². The molecular formula is C16H29N3O. The molecule has 1 N–H and O–H groups in total. The van der Waals surface area contributed by atoms with Gasteiger partial charge in [-0.2, -0.15) is 0 Å². The van der Waals surface area contributed by atoms with Gasteiger partial charge in [0, 0.05) is 18.0 Å². The van der Waals surface area contributed by atoms with Gasteiger partial charge in [0.1, 0.15) is 6.61 Å². The van der Waals surface area contributed by atoms with Crippen molar-refractivity contribution in [1.29, 1.82) is 0 Å². The third kappa shape index (κ3) is 5.17. The molecule has 0 aliphatic heterocycles. The summed E-state index contributed by atoms with van der Waals surface area (Å²) in [6, 6.07) is 0. The number of hydrogen-bond donors (Lipinski definition) is 1. The molecule has 0 spiro atoms. The highest BCUT2D eigenvalue weighted by Gasteiger charge is 2.12. The Labute approximate surface area is 123 Å². The lowest BCUT2D eigenvalue weighted by molar-refractivity contribution is 0.128. The maximum absolute atomic E-state index is 5.43. The summed E-state index contributed by atoms with van der Waals surface area (Å²) in [4.78, 5) is 9.34. The lowest BCUT2D eigenvalue weighted by atomic mass is 10.0. The molecule has 4 heteroatoms. The Bertz CT molecular complexity index is 368. The molecule has 0 aliphatic carbocycles. The van der Waals surface area contributed by atoms with Crippen LogP contribution >= 0.6 is 0 Å². The second kappa shape index (κ2) is 9.83. The molecule has 1 heterocycles. The number of rotatable bonds is 10. The monoisotopic (exact) mass is 279 g/mol. The molecule has 0 aliphatic rings. The smallest absolute Gasteiger partial charge is 0.154 e. The number of aryl methyl sites for hydroxylation is 2. The van der Waals surface area contributed by atoms with Crippen molar-refractivity contribution in [2.45, 2.75) is 60.0 Å². The van der Waals surface area contributed by atoms with E-state index >= 15 is 0 Å². The highest BCUT2D eigenvalue weighted by atomic mass is 16.5. The summed E-state index contributed by atoms with van der Waals surface area (Å²) in [5, 5.41) is 3.45. The number of aromatic nitrogens is 2. The molecule has 1 aromatic rings. The highest BCUT2D eigenvalue weighted by molar-refractivity contribution is 5.27. The van der Waals surface area contributed by atoms with E-state index in [9.17, 15) is 0 Å². The standard InChI is InChI=1S/C16H29N3O/c1-5-10-17-11-9-13-14(6-2)18-16(12-20-8-4)19-15(13)7-3/h17H,5-12H2,1-4H3. The average molecular weight is 279 g/mol. The molecule has 1 aromatic heterocycles. The molecule has 0 saturated heterocycles. The van der Waals surface area contributed by atoms with Gasteiger partial charge in [-0.3, -0.25) is 0 Å². The summed E-state index contributed by atoms with van der Waals surface area (Å²) >= 11 is 0. The highest BCUT2D eigenvalue weighted by Crippen LogP contribution is 2.14. The fraction of sp³-hybridized carbons (Fsp3) is 0.750. The van der Waals surface area contributed by atoms with Crippen molar-refractivity contribution in [3.63, 3.8) is 0 Å². The van der Waals surface area contributed by atoms with Gasteiger partial charge >= 0.3 is 0 Å². The average Bonchev–Trinajstić information content (AvgIpc) is 2.49. The Morgan fingerprint density at radius 3 is 2.10 bits per heavy atom. The minimum absolute atomic E-state index is 0.519. The third-order valence-electron chi connectivity index (χ3n) is 3.31. The zero-order valence-electron chi connectivity index (χ0n) is 13.5. The van der Waals surface area contributed by atoms with E-state index in [2.05, 4.69) is 36.1 Å². The summed E-state index contributed by atoms with van der Waals surface area (Å²) in [7, 11) is 0. The number of nitrogens with zero attached hydrogens (tertiary/aromatic N) is 2. The lowest BCUT2D eigenvalue weighted by Gasteiger charge is -2.14. The maximum atomic E-state index is 5.43. The van der Waals surface area contributed by atoms with Crippen molar-refractivity contribution < 1.29 is 4.74 Å². The fourth-order valence-electron chi connectivity index (χ4n) is 2.28. The Kier molecular flexibility index (Phi) is 8.38. The van der Waals surface area contributed by atoms with E-state index in [-0.39, 0.29) is 0 Å². The van der Waals surface area contributed by atoms with Gasteiger partial charge in [0.05, 0.1) is 0 Å². The van der Waals surface area contributed by atoms with Gasteiger partial charge < -0.3 is 10.1 Å². The molecule has 0 unspecified atom stereocenters. The summed E-state index contributed by atoms with van der Waals surface area (Å²) in [6.07, 6.45) is 4.10. The Morgan fingerprint density at radius 2 is 1.60 bits per heavy atom. The van der Waals surface area contributed by atoms with Crippen LogP contribution in [0.1, 0.15) is 56.9 Å². The van der Waals surface area contributed by atoms with E-state index in [4.69, 9.17) is 4.74 Å². The van der Waals surface area contributed by atoms with E-state index in [1.165, 1.54) is 23.4 Å². The van der Waals surface area contributed by atoms with Gasteiger partial charge in [-0.1, -0.05) is 20.8 Å². The second-order valence-electron chi connectivity index (χ2n) is 4.86. The first-order valence-corrected chi connectivity index (χ1v) is 7.92. The molecule has 0 amide bonds. The van der Waals surface area contributed by atoms with Crippen LogP contribution in [0, 0.1) is 0 Å². The van der Waals surface area contributed by atoms with Crippen molar-refractivity contribution in [3.8, 4) is 0 Å². The largest absolute Gasteiger partial charge is 0.374 e. The van der Waals surface area contributed by atoms with Gasteiger partial charge in [0.25, 0.3) is 0 Å². The SMILES string of the molecule is CCCNCCc1c(CC)nc(COCC)nc1CC.